The second-order valence-corrected chi connectivity index (χ2v) is 5.80. The molecule has 0 spiro atoms. The molecule has 0 aliphatic carbocycles. The van der Waals surface area contributed by atoms with E-state index in [2.05, 4.69) is 10.9 Å². The van der Waals surface area contributed by atoms with Crippen LogP contribution in [0.4, 0.5) is 0 Å². The molecule has 0 fully saturated rings. The van der Waals surface area contributed by atoms with Crippen LogP contribution in [0, 0.1) is 13.8 Å². The molecule has 24 heavy (non-hydrogen) atoms. The van der Waals surface area contributed by atoms with E-state index in [1.54, 1.807) is 12.1 Å². The van der Waals surface area contributed by atoms with Crippen LogP contribution in [0.3, 0.4) is 0 Å². The maximum atomic E-state index is 12.1. The van der Waals surface area contributed by atoms with Crippen molar-refractivity contribution in [2.24, 2.45) is 0 Å². The number of aryl methyl sites for hydroxylation is 2. The lowest BCUT2D eigenvalue weighted by Crippen LogP contribution is -2.43. The zero-order chi connectivity index (χ0) is 17.1. The predicted molar refractivity (Wildman–Crippen MR) is 93.5 cm³/mol. The molecule has 1 heterocycles. The average Bonchev–Trinajstić information content (AvgIpc) is 2.89. The van der Waals surface area contributed by atoms with Gasteiger partial charge in [0, 0.05) is 16.8 Å². The highest BCUT2D eigenvalue weighted by Crippen LogP contribution is 2.18. The molecule has 0 unspecified atom stereocenters. The number of hydrogen-bond acceptors (Lipinski definition) is 2. The third-order valence-electron chi connectivity index (χ3n) is 3.95. The molecule has 5 heteroatoms. The Morgan fingerprint density at radius 3 is 2.42 bits per heavy atom. The number of hydrogen-bond donors (Lipinski definition) is 2. The van der Waals surface area contributed by atoms with Gasteiger partial charge in [0.25, 0.3) is 11.8 Å². The van der Waals surface area contributed by atoms with Gasteiger partial charge >= 0.3 is 0 Å². The third-order valence-corrected chi connectivity index (χ3v) is 3.95. The van der Waals surface area contributed by atoms with E-state index in [9.17, 15) is 9.59 Å². The highest BCUT2D eigenvalue weighted by Gasteiger charge is 2.11. The summed E-state index contributed by atoms with van der Waals surface area (Å²) in [6, 6.07) is 17.1. The highest BCUT2D eigenvalue weighted by atomic mass is 16.2. The highest BCUT2D eigenvalue weighted by molar-refractivity contribution is 5.95. The number of fused-ring (bicyclic) bond motifs is 1. The van der Waals surface area contributed by atoms with Crippen LogP contribution in [0.2, 0.25) is 0 Å². The minimum Gasteiger partial charge on any atom is -0.335 e. The minimum absolute atomic E-state index is 0.146. The van der Waals surface area contributed by atoms with E-state index in [0.29, 0.717) is 5.56 Å². The quantitative estimate of drug-likeness (QED) is 0.729. The van der Waals surface area contributed by atoms with Gasteiger partial charge in [-0.15, -0.1) is 0 Å². The number of carbonyl (C=O) groups excluding carboxylic acids is 2. The van der Waals surface area contributed by atoms with E-state index in [0.717, 1.165) is 22.2 Å². The number of benzene rings is 2. The van der Waals surface area contributed by atoms with Gasteiger partial charge in [0.05, 0.1) is 0 Å². The van der Waals surface area contributed by atoms with Crippen LogP contribution in [-0.2, 0) is 11.3 Å². The van der Waals surface area contributed by atoms with Crippen molar-refractivity contribution < 1.29 is 9.59 Å². The Kier molecular flexibility index (Phi) is 4.33. The largest absolute Gasteiger partial charge is 0.335 e. The Morgan fingerprint density at radius 1 is 0.958 bits per heavy atom. The Labute approximate surface area is 140 Å². The van der Waals surface area contributed by atoms with Crippen molar-refractivity contribution in [2.45, 2.75) is 20.4 Å². The molecule has 0 atom stereocenters. The first-order valence-corrected chi connectivity index (χ1v) is 7.75. The molecular weight excluding hydrogens is 302 g/mol. The van der Waals surface area contributed by atoms with Crippen LogP contribution in [0.25, 0.3) is 10.9 Å². The molecule has 0 saturated carbocycles. The van der Waals surface area contributed by atoms with Gasteiger partial charge in [-0.1, -0.05) is 35.9 Å². The molecule has 2 amide bonds. The number of rotatable bonds is 3. The molecule has 0 radical (unpaired) electrons. The van der Waals surface area contributed by atoms with E-state index in [-0.39, 0.29) is 18.4 Å². The molecular formula is C19H19N3O2. The van der Waals surface area contributed by atoms with Crippen LogP contribution in [0.15, 0.2) is 54.6 Å². The Bertz CT molecular complexity index is 895. The van der Waals surface area contributed by atoms with Gasteiger partial charge in [-0.25, -0.2) is 0 Å². The third kappa shape index (κ3) is 3.30. The number of nitrogens with zero attached hydrogens (tertiary/aromatic N) is 1. The maximum absolute atomic E-state index is 12.1. The van der Waals surface area contributed by atoms with Gasteiger partial charge in [-0.2, -0.15) is 0 Å². The molecule has 0 aliphatic heterocycles. The molecule has 3 aromatic rings. The van der Waals surface area contributed by atoms with E-state index in [1.807, 2.05) is 60.9 Å². The van der Waals surface area contributed by atoms with E-state index >= 15 is 0 Å². The number of amides is 2. The second kappa shape index (κ2) is 6.58. The molecule has 0 aliphatic rings. The summed E-state index contributed by atoms with van der Waals surface area (Å²) in [5.41, 5.74) is 8.48. The molecule has 122 valence electrons. The molecule has 2 N–H and O–H groups in total. The van der Waals surface area contributed by atoms with Gasteiger partial charge in [0.1, 0.15) is 6.54 Å². The normalized spacial score (nSPS) is 10.6. The number of nitrogens with one attached hydrogen (secondary N) is 2. The first-order chi connectivity index (χ1) is 11.5. The van der Waals surface area contributed by atoms with Crippen LogP contribution in [0.1, 0.15) is 21.6 Å². The van der Waals surface area contributed by atoms with Crippen molar-refractivity contribution in [1.82, 2.24) is 15.4 Å². The smallest absolute Gasteiger partial charge is 0.269 e. The lowest BCUT2D eigenvalue weighted by atomic mass is 10.1. The lowest BCUT2D eigenvalue weighted by Gasteiger charge is -2.10. The van der Waals surface area contributed by atoms with Crippen molar-refractivity contribution in [3.63, 3.8) is 0 Å². The molecule has 3 rings (SSSR count). The van der Waals surface area contributed by atoms with Crippen LogP contribution in [-0.4, -0.2) is 16.4 Å². The summed E-state index contributed by atoms with van der Waals surface area (Å²) >= 11 is 0. The first-order valence-electron chi connectivity index (χ1n) is 7.75. The van der Waals surface area contributed by atoms with Crippen molar-refractivity contribution >= 4 is 22.7 Å². The van der Waals surface area contributed by atoms with Crippen molar-refractivity contribution in [2.75, 3.05) is 0 Å². The summed E-state index contributed by atoms with van der Waals surface area (Å²) in [6.07, 6.45) is 0. The maximum Gasteiger partial charge on any atom is 0.269 e. The zero-order valence-electron chi connectivity index (χ0n) is 13.7. The summed E-state index contributed by atoms with van der Waals surface area (Å²) in [5, 5.41) is 1.09. The van der Waals surface area contributed by atoms with Crippen molar-refractivity contribution in [3.05, 3.63) is 71.4 Å². The summed E-state index contributed by atoms with van der Waals surface area (Å²) < 4.78 is 1.92. The SMILES string of the molecule is Cc1ccc(C(=O)NNC(=O)Cn2c(C)cc3ccccc32)cc1. The summed E-state index contributed by atoms with van der Waals surface area (Å²) in [7, 11) is 0. The van der Waals surface area contributed by atoms with E-state index in [4.69, 9.17) is 0 Å². The number of hydrazine groups is 1. The summed E-state index contributed by atoms with van der Waals surface area (Å²) in [4.78, 5) is 24.2. The van der Waals surface area contributed by atoms with Gasteiger partial charge in [-0.3, -0.25) is 20.4 Å². The Hall–Kier alpha value is -3.08. The molecule has 0 bridgehead atoms. The summed E-state index contributed by atoms with van der Waals surface area (Å²) in [6.45, 7) is 4.05. The average molecular weight is 321 g/mol. The number of carbonyl (C=O) groups is 2. The predicted octanol–water partition coefficient (Wildman–Crippen LogP) is 2.72. The van der Waals surface area contributed by atoms with Crippen molar-refractivity contribution in [3.8, 4) is 0 Å². The summed E-state index contributed by atoms with van der Waals surface area (Å²) in [5.74, 6) is -0.614. The molecule has 1 aromatic heterocycles. The zero-order valence-corrected chi connectivity index (χ0v) is 13.7. The second-order valence-electron chi connectivity index (χ2n) is 5.80. The number of para-hydroxylation sites is 1. The standard InChI is InChI=1S/C19H19N3O2/c1-13-7-9-15(10-8-13)19(24)21-20-18(23)12-22-14(2)11-16-5-3-4-6-17(16)22/h3-11H,12H2,1-2H3,(H,20,23)(H,21,24). The van der Waals surface area contributed by atoms with Crippen LogP contribution in [0.5, 0.6) is 0 Å². The Morgan fingerprint density at radius 2 is 1.67 bits per heavy atom. The molecule has 2 aromatic carbocycles. The fourth-order valence-electron chi connectivity index (χ4n) is 2.64. The minimum atomic E-state index is -0.336. The topological polar surface area (TPSA) is 63.1 Å². The fraction of sp³-hybridized carbons (Fsp3) is 0.158. The van der Waals surface area contributed by atoms with Gasteiger partial charge in [0.2, 0.25) is 0 Å². The van der Waals surface area contributed by atoms with Crippen molar-refractivity contribution in [1.29, 1.82) is 0 Å². The van der Waals surface area contributed by atoms with Gasteiger partial charge in [0.15, 0.2) is 0 Å². The van der Waals surface area contributed by atoms with E-state index < -0.39 is 0 Å². The van der Waals surface area contributed by atoms with Crippen LogP contribution >= 0.6 is 0 Å². The first kappa shape index (κ1) is 15.8. The molecule has 0 saturated heterocycles. The van der Waals surface area contributed by atoms with Crippen LogP contribution < -0.4 is 10.9 Å². The molecule has 5 nitrogen and oxygen atoms in total. The number of aromatic nitrogens is 1. The van der Waals surface area contributed by atoms with Gasteiger partial charge < -0.3 is 4.57 Å². The van der Waals surface area contributed by atoms with Gasteiger partial charge in [-0.05, 0) is 43.5 Å². The lowest BCUT2D eigenvalue weighted by molar-refractivity contribution is -0.122. The monoisotopic (exact) mass is 321 g/mol. The Balaban J connectivity index is 1.64. The fourth-order valence-corrected chi connectivity index (χ4v) is 2.64. The van der Waals surface area contributed by atoms with E-state index in [1.165, 1.54) is 0 Å².